The molecule has 11 heteroatoms. The average Bonchev–Trinajstić information content (AvgIpc) is 3.72. The van der Waals surface area contributed by atoms with Crippen LogP contribution in [0.3, 0.4) is 0 Å². The predicted molar refractivity (Wildman–Crippen MR) is 166 cm³/mol. The Morgan fingerprint density at radius 3 is 1.81 bits per heavy atom. The number of aromatic nitrogens is 4. The van der Waals surface area contributed by atoms with E-state index in [1.807, 2.05) is 44.4 Å². The third-order valence-electron chi connectivity index (χ3n) is 7.75. The molecule has 0 radical (unpaired) electrons. The molecule has 2 aliphatic carbocycles. The van der Waals surface area contributed by atoms with Crippen molar-refractivity contribution in [2.75, 3.05) is 37.9 Å². The molecule has 0 saturated heterocycles. The summed E-state index contributed by atoms with van der Waals surface area (Å²) in [6, 6.07) is 15.5. The monoisotopic (exact) mass is 579 g/mol. The second-order valence-corrected chi connectivity index (χ2v) is 11.3. The summed E-state index contributed by atoms with van der Waals surface area (Å²) < 4.78 is 5.82. The van der Waals surface area contributed by atoms with E-state index in [0.29, 0.717) is 30.0 Å². The van der Waals surface area contributed by atoms with Crippen molar-refractivity contribution in [2.24, 2.45) is 0 Å². The number of likely N-dealkylation sites (N-methyl/N-ethyl adjacent to an activating group) is 1. The largest absolute Gasteiger partial charge is 0.508 e. The molecule has 2 fully saturated rings. The SMILES string of the molecule is CN(C)CCOc1ccc2nc(C#N)nc(NC3CCCC3)c2c1.N#Cc1nc(NC2CCCC2)c2cc(O)ccc2n1. The molecule has 2 aromatic heterocycles. The van der Waals surface area contributed by atoms with Gasteiger partial charge in [0, 0.05) is 29.4 Å². The highest BCUT2D eigenvalue weighted by Crippen LogP contribution is 2.30. The Balaban J connectivity index is 0.000000176. The minimum atomic E-state index is 0.152. The normalized spacial score (nSPS) is 15.2. The lowest BCUT2D eigenvalue weighted by molar-refractivity contribution is 0.261. The summed E-state index contributed by atoms with van der Waals surface area (Å²) in [5.74, 6) is 2.70. The number of rotatable bonds is 8. The van der Waals surface area contributed by atoms with Gasteiger partial charge in [-0.3, -0.25) is 0 Å². The molecule has 43 heavy (non-hydrogen) atoms. The minimum Gasteiger partial charge on any atom is -0.508 e. The number of nitrogens with zero attached hydrogens (tertiary/aromatic N) is 7. The van der Waals surface area contributed by atoms with Gasteiger partial charge in [-0.05, 0) is 76.2 Å². The Morgan fingerprint density at radius 2 is 1.30 bits per heavy atom. The first kappa shape index (κ1) is 29.7. The van der Waals surface area contributed by atoms with Gasteiger partial charge < -0.3 is 25.4 Å². The molecule has 0 amide bonds. The van der Waals surface area contributed by atoms with Crippen LogP contribution in [0.25, 0.3) is 21.8 Å². The standard InChI is InChI=1S/C18H23N5O.C14H14N4O/c1-23(2)9-10-24-14-7-8-16-15(11-14)18(22-17(12-19)21-16)20-13-5-3-4-6-13;15-8-13-17-12-6-5-10(19)7-11(12)14(18-13)16-9-3-1-2-4-9/h7-8,11,13H,3-6,9-10H2,1-2H3,(H,20,21,22);5-7,9,19H,1-4H2,(H,16,17,18). The van der Waals surface area contributed by atoms with Gasteiger partial charge in [0.2, 0.25) is 11.6 Å². The van der Waals surface area contributed by atoms with Gasteiger partial charge in [0.05, 0.1) is 11.0 Å². The lowest BCUT2D eigenvalue weighted by atomic mass is 10.2. The van der Waals surface area contributed by atoms with E-state index < -0.39 is 0 Å². The second-order valence-electron chi connectivity index (χ2n) is 11.3. The summed E-state index contributed by atoms with van der Waals surface area (Å²) in [4.78, 5) is 19.1. The first-order valence-electron chi connectivity index (χ1n) is 14.8. The van der Waals surface area contributed by atoms with Gasteiger partial charge >= 0.3 is 0 Å². The first-order chi connectivity index (χ1) is 20.9. The van der Waals surface area contributed by atoms with Crippen molar-refractivity contribution >= 4 is 33.4 Å². The number of hydrogen-bond acceptors (Lipinski definition) is 11. The van der Waals surface area contributed by atoms with Gasteiger partial charge in [-0.1, -0.05) is 25.7 Å². The van der Waals surface area contributed by atoms with Crippen molar-refractivity contribution in [1.82, 2.24) is 24.8 Å². The lowest BCUT2D eigenvalue weighted by Crippen LogP contribution is -2.19. The number of nitriles is 2. The number of phenolic OH excluding ortho intramolecular Hbond substituents is 1. The van der Waals surface area contributed by atoms with Gasteiger partial charge in [0.15, 0.2) is 0 Å². The lowest BCUT2D eigenvalue weighted by Gasteiger charge is -2.16. The van der Waals surface area contributed by atoms with E-state index in [1.54, 1.807) is 18.2 Å². The number of fused-ring (bicyclic) bond motifs is 2. The average molecular weight is 580 g/mol. The van der Waals surface area contributed by atoms with E-state index in [0.717, 1.165) is 60.1 Å². The van der Waals surface area contributed by atoms with E-state index in [1.165, 1.54) is 25.7 Å². The molecule has 0 unspecified atom stereocenters. The molecule has 2 heterocycles. The number of benzene rings is 2. The summed E-state index contributed by atoms with van der Waals surface area (Å²) in [7, 11) is 4.04. The van der Waals surface area contributed by atoms with Crippen molar-refractivity contribution in [1.29, 1.82) is 10.5 Å². The molecule has 0 aliphatic heterocycles. The van der Waals surface area contributed by atoms with E-state index in [4.69, 9.17) is 10.00 Å². The molecule has 6 rings (SSSR count). The van der Waals surface area contributed by atoms with Crippen LogP contribution in [0.5, 0.6) is 11.5 Å². The Bertz CT molecular complexity index is 1650. The summed E-state index contributed by atoms with van der Waals surface area (Å²) in [5, 5.41) is 36.3. The minimum absolute atomic E-state index is 0.152. The zero-order chi connectivity index (χ0) is 30.2. The molecule has 3 N–H and O–H groups in total. The van der Waals surface area contributed by atoms with Crippen LogP contribution in [0.1, 0.15) is 63.0 Å². The van der Waals surface area contributed by atoms with E-state index >= 15 is 0 Å². The summed E-state index contributed by atoms with van der Waals surface area (Å²) in [6.07, 6.45) is 9.45. The summed E-state index contributed by atoms with van der Waals surface area (Å²) >= 11 is 0. The van der Waals surface area contributed by atoms with Crippen LogP contribution < -0.4 is 15.4 Å². The Morgan fingerprint density at radius 1 is 0.791 bits per heavy atom. The number of aromatic hydroxyl groups is 1. The zero-order valence-corrected chi connectivity index (χ0v) is 24.7. The number of ether oxygens (including phenoxy) is 1. The maximum absolute atomic E-state index is 9.59. The van der Waals surface area contributed by atoms with Gasteiger partial charge in [0.1, 0.15) is 41.9 Å². The molecule has 0 spiro atoms. The molecule has 2 aliphatic rings. The smallest absolute Gasteiger partial charge is 0.234 e. The van der Waals surface area contributed by atoms with Crippen molar-refractivity contribution in [3.05, 3.63) is 48.0 Å². The number of nitrogens with one attached hydrogen (secondary N) is 2. The molecular formula is C32H37N9O2. The predicted octanol–water partition coefficient (Wildman–Crippen LogP) is 5.36. The van der Waals surface area contributed by atoms with Crippen LogP contribution in [0.2, 0.25) is 0 Å². The van der Waals surface area contributed by atoms with Gasteiger partial charge in [-0.15, -0.1) is 0 Å². The first-order valence-corrected chi connectivity index (χ1v) is 14.8. The number of hydrogen-bond donors (Lipinski definition) is 3. The Labute approximate surface area is 251 Å². The fourth-order valence-corrected chi connectivity index (χ4v) is 5.51. The van der Waals surface area contributed by atoms with Crippen LogP contribution in [0, 0.1) is 22.7 Å². The molecule has 4 aromatic rings. The van der Waals surface area contributed by atoms with Crippen LogP contribution in [-0.2, 0) is 0 Å². The third kappa shape index (κ3) is 7.76. The van der Waals surface area contributed by atoms with Crippen LogP contribution >= 0.6 is 0 Å². The van der Waals surface area contributed by atoms with Crippen molar-refractivity contribution in [3.63, 3.8) is 0 Å². The van der Waals surface area contributed by atoms with Crippen LogP contribution in [0.15, 0.2) is 36.4 Å². The van der Waals surface area contributed by atoms with Crippen molar-refractivity contribution < 1.29 is 9.84 Å². The highest BCUT2D eigenvalue weighted by Gasteiger charge is 2.19. The van der Waals surface area contributed by atoms with Crippen molar-refractivity contribution in [3.8, 4) is 23.6 Å². The summed E-state index contributed by atoms with van der Waals surface area (Å²) in [6.45, 7) is 1.48. The molecule has 2 saturated carbocycles. The highest BCUT2D eigenvalue weighted by molar-refractivity contribution is 5.91. The van der Waals surface area contributed by atoms with Gasteiger partial charge in [-0.25, -0.2) is 19.9 Å². The zero-order valence-electron chi connectivity index (χ0n) is 24.7. The van der Waals surface area contributed by atoms with Crippen molar-refractivity contribution in [2.45, 2.75) is 63.5 Å². The maximum Gasteiger partial charge on any atom is 0.234 e. The van der Waals surface area contributed by atoms with Gasteiger partial charge in [-0.2, -0.15) is 10.5 Å². The van der Waals surface area contributed by atoms with E-state index in [-0.39, 0.29) is 17.4 Å². The highest BCUT2D eigenvalue weighted by atomic mass is 16.5. The second kappa shape index (κ2) is 14.0. The number of phenols is 1. The Hall–Kier alpha value is -4.74. The van der Waals surface area contributed by atoms with Gasteiger partial charge in [0.25, 0.3) is 0 Å². The van der Waals surface area contributed by atoms with E-state index in [9.17, 15) is 10.4 Å². The fourth-order valence-electron chi connectivity index (χ4n) is 5.51. The van der Waals surface area contributed by atoms with Crippen LogP contribution in [-0.4, -0.2) is 69.3 Å². The molecule has 2 aromatic carbocycles. The molecule has 0 atom stereocenters. The molecular weight excluding hydrogens is 542 g/mol. The molecule has 0 bridgehead atoms. The van der Waals surface area contributed by atoms with Crippen LogP contribution in [0.4, 0.5) is 11.6 Å². The maximum atomic E-state index is 9.59. The molecule has 11 nitrogen and oxygen atoms in total. The Kier molecular flexibility index (Phi) is 9.65. The quantitative estimate of drug-likeness (QED) is 0.247. The molecule has 222 valence electrons. The van der Waals surface area contributed by atoms with E-state index in [2.05, 4.69) is 35.5 Å². The fraction of sp³-hybridized carbons (Fsp3) is 0.438. The topological polar surface area (TPSA) is 156 Å². The third-order valence-corrected chi connectivity index (χ3v) is 7.75. The summed E-state index contributed by atoms with van der Waals surface area (Å²) in [5.41, 5.74) is 1.44. The number of anilines is 2.